The Kier molecular flexibility index (Phi) is 9.24. The maximum Gasteiger partial charge on any atom is 0.309 e. The number of nitrogens with one attached hydrogen (secondary N) is 2. The van der Waals surface area contributed by atoms with Crippen molar-refractivity contribution in [3.05, 3.63) is 53.3 Å². The smallest absolute Gasteiger partial charge is 0.309 e. The minimum atomic E-state index is -0.656. The minimum Gasteiger partial charge on any atom is -0.496 e. The molecule has 0 saturated heterocycles. The quantitative estimate of drug-likeness (QED) is 0.345. The number of hydrogen-bond acceptors (Lipinski definition) is 6. The number of esters is 1. The van der Waals surface area contributed by atoms with Crippen LogP contribution in [-0.2, 0) is 9.53 Å². The Morgan fingerprint density at radius 3 is 2.27 bits per heavy atom. The van der Waals surface area contributed by atoms with Gasteiger partial charge in [-0.05, 0) is 82.9 Å². The van der Waals surface area contributed by atoms with Gasteiger partial charge in [0, 0.05) is 12.6 Å². The molecule has 2 aliphatic rings. The maximum atomic E-state index is 15.0. The van der Waals surface area contributed by atoms with Gasteiger partial charge in [0.05, 0.1) is 35.9 Å². The third kappa shape index (κ3) is 7.77. The van der Waals surface area contributed by atoms with E-state index in [0.717, 1.165) is 25.3 Å². The van der Waals surface area contributed by atoms with E-state index in [2.05, 4.69) is 17.6 Å². The van der Waals surface area contributed by atoms with E-state index >= 15 is 0 Å². The SMILES string of the molecule is COc1cc(F)c(OC2CCC(C(=O)OC(C)(C)C)CC2)cc1C(=O)Nc1ccccc1C(=O)NCC1(C)CCC1. The van der Waals surface area contributed by atoms with Crippen LogP contribution in [0.25, 0.3) is 0 Å². The molecule has 0 spiro atoms. The number of benzene rings is 2. The average molecular weight is 569 g/mol. The molecule has 2 aliphatic carbocycles. The number of rotatable bonds is 9. The lowest BCUT2D eigenvalue weighted by molar-refractivity contribution is -0.161. The molecule has 2 saturated carbocycles. The number of para-hydroxylation sites is 1. The molecule has 2 fully saturated rings. The second kappa shape index (κ2) is 12.5. The van der Waals surface area contributed by atoms with Crippen molar-refractivity contribution in [1.82, 2.24) is 5.32 Å². The van der Waals surface area contributed by atoms with Crippen LogP contribution in [0.1, 0.15) is 93.4 Å². The Hall–Kier alpha value is -3.62. The van der Waals surface area contributed by atoms with Gasteiger partial charge in [0.15, 0.2) is 11.6 Å². The van der Waals surface area contributed by atoms with Crippen LogP contribution < -0.4 is 20.1 Å². The van der Waals surface area contributed by atoms with Gasteiger partial charge in [0.25, 0.3) is 11.8 Å². The molecule has 0 heterocycles. The van der Waals surface area contributed by atoms with E-state index in [-0.39, 0.29) is 46.4 Å². The van der Waals surface area contributed by atoms with Gasteiger partial charge in [0.2, 0.25) is 0 Å². The number of ether oxygens (including phenoxy) is 3. The molecular weight excluding hydrogens is 527 g/mol. The molecule has 2 aromatic rings. The molecule has 2 aromatic carbocycles. The second-order valence-electron chi connectivity index (χ2n) is 12.5. The first-order valence-corrected chi connectivity index (χ1v) is 14.3. The molecule has 0 unspecified atom stereocenters. The lowest BCUT2D eigenvalue weighted by Crippen LogP contribution is -2.40. The fourth-order valence-electron chi connectivity index (χ4n) is 5.28. The zero-order valence-electron chi connectivity index (χ0n) is 24.6. The van der Waals surface area contributed by atoms with Crippen molar-refractivity contribution in [2.75, 3.05) is 19.0 Å². The van der Waals surface area contributed by atoms with Crippen molar-refractivity contribution in [3.8, 4) is 11.5 Å². The van der Waals surface area contributed by atoms with Crippen molar-refractivity contribution in [2.45, 2.75) is 84.3 Å². The van der Waals surface area contributed by atoms with E-state index in [9.17, 15) is 18.8 Å². The Morgan fingerprint density at radius 1 is 0.976 bits per heavy atom. The van der Waals surface area contributed by atoms with Crippen LogP contribution in [-0.4, -0.2) is 43.1 Å². The molecule has 4 rings (SSSR count). The molecule has 9 heteroatoms. The summed E-state index contributed by atoms with van der Waals surface area (Å²) in [7, 11) is 1.35. The zero-order chi connectivity index (χ0) is 29.8. The molecule has 0 aliphatic heterocycles. The van der Waals surface area contributed by atoms with E-state index in [1.807, 2.05) is 20.8 Å². The third-order valence-corrected chi connectivity index (χ3v) is 7.86. The summed E-state index contributed by atoms with van der Waals surface area (Å²) < 4.78 is 31.7. The van der Waals surface area contributed by atoms with Crippen molar-refractivity contribution in [3.63, 3.8) is 0 Å². The normalized spacial score (nSPS) is 19.9. The highest BCUT2D eigenvalue weighted by atomic mass is 19.1. The first-order valence-electron chi connectivity index (χ1n) is 14.3. The largest absolute Gasteiger partial charge is 0.496 e. The summed E-state index contributed by atoms with van der Waals surface area (Å²) in [4.78, 5) is 38.8. The summed E-state index contributed by atoms with van der Waals surface area (Å²) in [5.74, 6) is -1.96. The molecule has 41 heavy (non-hydrogen) atoms. The summed E-state index contributed by atoms with van der Waals surface area (Å²) in [6, 6.07) is 9.20. The summed E-state index contributed by atoms with van der Waals surface area (Å²) in [6.07, 6.45) is 5.26. The maximum absolute atomic E-state index is 15.0. The summed E-state index contributed by atoms with van der Waals surface area (Å²) in [5.41, 5.74) is 0.308. The summed E-state index contributed by atoms with van der Waals surface area (Å²) in [6.45, 7) is 8.23. The molecule has 2 N–H and O–H groups in total. The van der Waals surface area contributed by atoms with E-state index in [4.69, 9.17) is 14.2 Å². The summed E-state index contributed by atoms with van der Waals surface area (Å²) in [5, 5.41) is 5.77. The Balaban J connectivity index is 1.44. The molecule has 2 amide bonds. The highest BCUT2D eigenvalue weighted by Crippen LogP contribution is 2.39. The Bertz CT molecular complexity index is 1280. The van der Waals surface area contributed by atoms with Crippen LogP contribution in [0.5, 0.6) is 11.5 Å². The van der Waals surface area contributed by atoms with Gasteiger partial charge in [-0.2, -0.15) is 0 Å². The predicted octanol–water partition coefficient (Wildman–Crippen LogP) is 6.29. The third-order valence-electron chi connectivity index (χ3n) is 7.86. The molecule has 0 aromatic heterocycles. The number of amides is 2. The van der Waals surface area contributed by atoms with Crippen LogP contribution in [0.3, 0.4) is 0 Å². The van der Waals surface area contributed by atoms with Crippen molar-refractivity contribution < 1.29 is 33.0 Å². The number of carbonyl (C=O) groups is 3. The van der Waals surface area contributed by atoms with Crippen LogP contribution in [0.4, 0.5) is 10.1 Å². The number of methoxy groups -OCH3 is 1. The Labute approximate surface area is 241 Å². The van der Waals surface area contributed by atoms with Crippen LogP contribution in [0.2, 0.25) is 0 Å². The van der Waals surface area contributed by atoms with Crippen LogP contribution in [0.15, 0.2) is 36.4 Å². The number of hydrogen-bond donors (Lipinski definition) is 2. The first kappa shape index (κ1) is 30.3. The highest BCUT2D eigenvalue weighted by molar-refractivity contribution is 6.10. The van der Waals surface area contributed by atoms with E-state index < -0.39 is 17.3 Å². The molecule has 0 atom stereocenters. The lowest BCUT2D eigenvalue weighted by atomic mass is 9.70. The molecule has 8 nitrogen and oxygen atoms in total. The van der Waals surface area contributed by atoms with Crippen LogP contribution in [0, 0.1) is 17.2 Å². The van der Waals surface area contributed by atoms with Crippen molar-refractivity contribution in [1.29, 1.82) is 0 Å². The Morgan fingerprint density at radius 2 is 1.66 bits per heavy atom. The summed E-state index contributed by atoms with van der Waals surface area (Å²) >= 11 is 0. The fourth-order valence-corrected chi connectivity index (χ4v) is 5.28. The van der Waals surface area contributed by atoms with E-state index in [1.165, 1.54) is 13.2 Å². The van der Waals surface area contributed by atoms with Gasteiger partial charge in [-0.1, -0.05) is 25.5 Å². The first-order chi connectivity index (χ1) is 19.4. The van der Waals surface area contributed by atoms with E-state index in [0.29, 0.717) is 43.5 Å². The molecule has 0 radical (unpaired) electrons. The van der Waals surface area contributed by atoms with Gasteiger partial charge in [-0.15, -0.1) is 0 Å². The number of carbonyl (C=O) groups excluding carboxylic acids is 3. The topological polar surface area (TPSA) is 103 Å². The molecule has 222 valence electrons. The number of anilines is 1. The van der Waals surface area contributed by atoms with Crippen molar-refractivity contribution in [2.24, 2.45) is 11.3 Å². The standard InChI is InChI=1S/C32H41FN2O6/c1-31(2,3)41-30(38)20-11-13-21(14-12-20)40-27-17-23(26(39-5)18-24(27)33)29(37)35-25-10-7-6-9-22(25)28(36)34-19-32(4)15-8-16-32/h6-7,9-10,17-18,20-21H,8,11-16,19H2,1-5H3,(H,34,36)(H,35,37). The molecular formula is C32H41FN2O6. The van der Waals surface area contributed by atoms with Gasteiger partial charge in [-0.3, -0.25) is 14.4 Å². The lowest BCUT2D eigenvalue weighted by Gasteiger charge is -2.38. The van der Waals surface area contributed by atoms with Crippen LogP contribution >= 0.6 is 0 Å². The van der Waals surface area contributed by atoms with Gasteiger partial charge < -0.3 is 24.8 Å². The average Bonchev–Trinajstić information content (AvgIpc) is 2.91. The monoisotopic (exact) mass is 568 g/mol. The highest BCUT2D eigenvalue weighted by Gasteiger charge is 2.33. The van der Waals surface area contributed by atoms with Gasteiger partial charge in [0.1, 0.15) is 11.4 Å². The minimum absolute atomic E-state index is 0.0424. The second-order valence-corrected chi connectivity index (χ2v) is 12.5. The van der Waals surface area contributed by atoms with Crippen molar-refractivity contribution >= 4 is 23.5 Å². The number of halogens is 1. The van der Waals surface area contributed by atoms with Gasteiger partial charge in [-0.25, -0.2) is 4.39 Å². The van der Waals surface area contributed by atoms with E-state index in [1.54, 1.807) is 24.3 Å². The zero-order valence-corrected chi connectivity index (χ0v) is 24.6. The predicted molar refractivity (Wildman–Crippen MR) is 154 cm³/mol. The fraction of sp³-hybridized carbons (Fsp3) is 0.531. The molecule has 0 bridgehead atoms. The van der Waals surface area contributed by atoms with Gasteiger partial charge >= 0.3 is 5.97 Å².